The van der Waals surface area contributed by atoms with E-state index in [2.05, 4.69) is 47.2 Å². The van der Waals surface area contributed by atoms with Crippen LogP contribution < -0.4 is 30.9 Å². The zero-order chi connectivity index (χ0) is 44.9. The van der Waals surface area contributed by atoms with Gasteiger partial charge in [0.1, 0.15) is 23.3 Å². The van der Waals surface area contributed by atoms with E-state index in [0.717, 1.165) is 4.90 Å². The maximum absolute atomic E-state index is 14.9. The van der Waals surface area contributed by atoms with Crippen molar-refractivity contribution in [2.24, 2.45) is 0 Å². The number of rotatable bonds is 13. The Hall–Kier alpha value is -8.11. The van der Waals surface area contributed by atoms with Crippen molar-refractivity contribution in [2.45, 2.75) is 18.9 Å². The van der Waals surface area contributed by atoms with Crippen molar-refractivity contribution in [3.05, 3.63) is 114 Å². The minimum Gasteiger partial charge on any atom is -0.496 e. The van der Waals surface area contributed by atoms with Gasteiger partial charge >= 0.3 is 0 Å². The van der Waals surface area contributed by atoms with E-state index in [1.807, 2.05) is 11.0 Å². The standard InChI is InChI=1S/C45H40FN11O7/c1-64-37-4-2-3-32(46)40(37)41-51-14-12-34(52-41)42(60)53-33-8-5-26(31-24-48-13-11-27(31)23-47)21-36(33)56-19-17-55(18-20-56)25-39(59)50-16-15-49-28-6-7-29-30(22-28)45(63)57(44(29)62)35-9-10-38(58)54-43(35)61/h2-8,11-14,21-22,24,35,49H,9-10,15-20,25H2,1H3,(H,50,59)(H,53,60)(H,54,58,61). The van der Waals surface area contributed by atoms with Crippen molar-refractivity contribution in [1.82, 2.24) is 35.4 Å². The Kier molecular flexibility index (Phi) is 12.3. The summed E-state index contributed by atoms with van der Waals surface area (Å²) in [5.41, 5.74) is 3.76. The first-order valence-electron chi connectivity index (χ1n) is 20.3. The van der Waals surface area contributed by atoms with Crippen LogP contribution in [0.3, 0.4) is 0 Å². The lowest BCUT2D eigenvalue weighted by Crippen LogP contribution is -2.54. The summed E-state index contributed by atoms with van der Waals surface area (Å²) in [5.74, 6) is -3.50. The molecule has 6 amide bonds. The molecule has 19 heteroatoms. The normalized spacial score (nSPS) is 16.2. The Morgan fingerprint density at radius 1 is 0.938 bits per heavy atom. The highest BCUT2D eigenvalue weighted by molar-refractivity contribution is 6.23. The summed E-state index contributed by atoms with van der Waals surface area (Å²) in [5, 5.41) is 21.0. The average Bonchev–Trinajstić information content (AvgIpc) is 3.55. The Bertz CT molecular complexity index is 2750. The van der Waals surface area contributed by atoms with Crippen LogP contribution in [0.15, 0.2) is 85.3 Å². The van der Waals surface area contributed by atoms with Crippen LogP contribution in [-0.4, -0.2) is 119 Å². The summed E-state index contributed by atoms with van der Waals surface area (Å²) in [6.07, 6.45) is 4.61. The number of anilines is 3. The van der Waals surface area contributed by atoms with Crippen LogP contribution in [0.5, 0.6) is 5.75 Å². The highest BCUT2D eigenvalue weighted by Crippen LogP contribution is 2.35. The molecule has 1 atom stereocenters. The van der Waals surface area contributed by atoms with Gasteiger partial charge in [-0.3, -0.25) is 48.9 Å². The van der Waals surface area contributed by atoms with Crippen LogP contribution in [0.4, 0.5) is 21.5 Å². The number of aromatic nitrogens is 3. The summed E-state index contributed by atoms with van der Waals surface area (Å²) in [4.78, 5) is 94.7. The molecule has 2 saturated heterocycles. The third-order valence-corrected chi connectivity index (χ3v) is 11.1. The fraction of sp³-hybridized carbons (Fsp3) is 0.244. The van der Waals surface area contributed by atoms with Gasteiger partial charge in [0, 0.05) is 75.5 Å². The molecule has 0 saturated carbocycles. The number of imide groups is 2. The summed E-state index contributed by atoms with van der Waals surface area (Å²) >= 11 is 0. The second-order valence-corrected chi connectivity index (χ2v) is 15.0. The largest absolute Gasteiger partial charge is 0.496 e. The maximum atomic E-state index is 14.9. The van der Waals surface area contributed by atoms with Crippen LogP contribution in [0, 0.1) is 17.1 Å². The zero-order valence-electron chi connectivity index (χ0n) is 34.4. The van der Waals surface area contributed by atoms with Gasteiger partial charge in [-0.2, -0.15) is 5.26 Å². The van der Waals surface area contributed by atoms with Gasteiger partial charge in [0.15, 0.2) is 5.82 Å². The van der Waals surface area contributed by atoms with Crippen LogP contribution in [-0.2, 0) is 14.4 Å². The molecule has 3 aromatic carbocycles. The Balaban J connectivity index is 0.885. The summed E-state index contributed by atoms with van der Waals surface area (Å²) in [6.45, 7) is 2.72. The third-order valence-electron chi connectivity index (χ3n) is 11.1. The molecule has 0 radical (unpaired) electrons. The van der Waals surface area contributed by atoms with Crippen LogP contribution in [0.2, 0.25) is 0 Å². The van der Waals surface area contributed by atoms with Gasteiger partial charge in [-0.1, -0.05) is 12.1 Å². The van der Waals surface area contributed by atoms with Crippen molar-refractivity contribution in [3.63, 3.8) is 0 Å². The van der Waals surface area contributed by atoms with E-state index < -0.39 is 41.4 Å². The van der Waals surface area contributed by atoms with Crippen molar-refractivity contribution in [2.75, 3.05) is 68.5 Å². The molecule has 4 N–H and O–H groups in total. The molecule has 5 heterocycles. The topological polar surface area (TPSA) is 232 Å². The van der Waals surface area contributed by atoms with Gasteiger partial charge in [-0.15, -0.1) is 0 Å². The van der Waals surface area contributed by atoms with Gasteiger partial charge in [-0.05, 0) is 66.6 Å². The van der Waals surface area contributed by atoms with E-state index in [1.54, 1.807) is 42.7 Å². The minimum absolute atomic E-state index is 0.00683. The molecule has 5 aromatic rings. The van der Waals surface area contributed by atoms with E-state index in [-0.39, 0.29) is 65.8 Å². The third kappa shape index (κ3) is 8.80. The quantitative estimate of drug-likeness (QED) is 0.0984. The Morgan fingerprint density at radius 2 is 1.75 bits per heavy atom. The molecule has 2 fully saturated rings. The van der Waals surface area contributed by atoms with Crippen molar-refractivity contribution < 1.29 is 37.9 Å². The second kappa shape index (κ2) is 18.5. The summed E-state index contributed by atoms with van der Waals surface area (Å²) < 4.78 is 20.2. The van der Waals surface area contributed by atoms with Gasteiger partial charge in [0.2, 0.25) is 17.7 Å². The fourth-order valence-electron chi connectivity index (χ4n) is 7.87. The number of fused-ring (bicyclic) bond motifs is 1. The fourth-order valence-corrected chi connectivity index (χ4v) is 7.87. The smallest absolute Gasteiger partial charge is 0.274 e. The van der Waals surface area contributed by atoms with E-state index >= 15 is 0 Å². The van der Waals surface area contributed by atoms with Gasteiger partial charge in [0.05, 0.1) is 53.4 Å². The van der Waals surface area contributed by atoms with Crippen molar-refractivity contribution in [3.8, 4) is 34.3 Å². The molecule has 0 spiro atoms. The summed E-state index contributed by atoms with van der Waals surface area (Å²) in [6, 6.07) is 18.6. The molecule has 18 nitrogen and oxygen atoms in total. The molecule has 8 rings (SSSR count). The lowest BCUT2D eigenvalue weighted by atomic mass is 10.0. The molecule has 2 aromatic heterocycles. The number of nitrogens with zero attached hydrogens (tertiary/aromatic N) is 7. The number of carbonyl (C=O) groups excluding carboxylic acids is 6. The monoisotopic (exact) mass is 865 g/mol. The first-order chi connectivity index (χ1) is 31.0. The lowest BCUT2D eigenvalue weighted by Gasteiger charge is -2.36. The number of hydrogen-bond donors (Lipinski definition) is 4. The maximum Gasteiger partial charge on any atom is 0.274 e. The van der Waals surface area contributed by atoms with E-state index in [9.17, 15) is 38.4 Å². The lowest BCUT2D eigenvalue weighted by molar-refractivity contribution is -0.136. The first-order valence-corrected chi connectivity index (χ1v) is 20.3. The van der Waals surface area contributed by atoms with E-state index in [0.29, 0.717) is 66.5 Å². The Morgan fingerprint density at radius 3 is 2.53 bits per heavy atom. The second-order valence-electron chi connectivity index (χ2n) is 15.0. The highest BCUT2D eigenvalue weighted by atomic mass is 19.1. The number of piperazine rings is 1. The molecule has 1 unspecified atom stereocenters. The number of pyridine rings is 1. The predicted molar refractivity (Wildman–Crippen MR) is 230 cm³/mol. The molecule has 0 aliphatic carbocycles. The minimum atomic E-state index is -1.06. The molecule has 0 bridgehead atoms. The van der Waals surface area contributed by atoms with Gasteiger partial charge in [0.25, 0.3) is 17.7 Å². The first kappa shape index (κ1) is 42.6. The van der Waals surface area contributed by atoms with Gasteiger partial charge < -0.3 is 25.6 Å². The summed E-state index contributed by atoms with van der Waals surface area (Å²) in [7, 11) is 1.40. The van der Waals surface area contributed by atoms with Crippen molar-refractivity contribution in [1.29, 1.82) is 5.26 Å². The number of piperidine rings is 1. The highest BCUT2D eigenvalue weighted by Gasteiger charge is 2.44. The number of ether oxygens (including phenoxy) is 1. The van der Waals surface area contributed by atoms with Crippen LogP contribution in [0.25, 0.3) is 22.5 Å². The number of nitrogens with one attached hydrogen (secondary N) is 4. The van der Waals surface area contributed by atoms with Crippen molar-refractivity contribution >= 4 is 52.5 Å². The number of carbonyl (C=O) groups is 6. The number of halogens is 1. The number of methoxy groups -OCH3 is 1. The number of benzene rings is 3. The predicted octanol–water partition coefficient (Wildman–Crippen LogP) is 3.23. The van der Waals surface area contributed by atoms with Gasteiger partial charge in [-0.25, -0.2) is 14.4 Å². The average molecular weight is 866 g/mol. The van der Waals surface area contributed by atoms with E-state index in [4.69, 9.17) is 4.74 Å². The molecule has 3 aliphatic rings. The molecule has 324 valence electrons. The number of hydrogen-bond acceptors (Lipinski definition) is 14. The van der Waals surface area contributed by atoms with Crippen LogP contribution in [0.1, 0.15) is 49.6 Å². The Labute approximate surface area is 365 Å². The molecule has 64 heavy (non-hydrogen) atoms. The van der Waals surface area contributed by atoms with E-state index in [1.165, 1.54) is 43.6 Å². The zero-order valence-corrected chi connectivity index (χ0v) is 34.4. The SMILES string of the molecule is COc1cccc(F)c1-c1nccc(C(=O)Nc2ccc(-c3cnccc3C#N)cc2N2CCN(CC(=O)NCCNc3ccc4c(c3)C(=O)N(C3CCC(=O)NC3=O)C4=O)CC2)n1. The molecular weight excluding hydrogens is 826 g/mol. The van der Waals surface area contributed by atoms with Crippen LogP contribution >= 0.6 is 0 Å². The number of nitriles is 1. The number of amides is 6. The molecular formula is C45H40FN11O7. The molecule has 3 aliphatic heterocycles.